The minimum absolute atomic E-state index is 0.0602. The predicted octanol–water partition coefficient (Wildman–Crippen LogP) is 4.89. The molecule has 0 amide bonds. The quantitative estimate of drug-likeness (QED) is 0.579. The van der Waals surface area contributed by atoms with Gasteiger partial charge in [0.05, 0.1) is 6.10 Å². The Bertz CT molecular complexity index is 591. The minimum atomic E-state index is -0.266. The van der Waals surface area contributed by atoms with Crippen molar-refractivity contribution in [1.82, 2.24) is 0 Å². The standard InChI is InChI=1S/C21H30O2/c1-7-9-16(2)10-8-11-17(3)12-13-21-19(4,5)14-18(22)15-20(21,6)23-21/h7-13,18,22H,1,14-15H2,2-6H3/b10-8+,13-12+,16-9+,17-11+/t18-,20+,21-/m0/s1. The molecule has 1 saturated carbocycles. The van der Waals surface area contributed by atoms with Gasteiger partial charge in [-0.3, -0.25) is 0 Å². The van der Waals surface area contributed by atoms with Crippen molar-refractivity contribution in [3.63, 3.8) is 0 Å². The highest BCUT2D eigenvalue weighted by molar-refractivity contribution is 5.36. The summed E-state index contributed by atoms with van der Waals surface area (Å²) in [4.78, 5) is 0. The van der Waals surface area contributed by atoms with Crippen LogP contribution in [0.2, 0.25) is 0 Å². The van der Waals surface area contributed by atoms with Gasteiger partial charge in [0.1, 0.15) is 11.2 Å². The van der Waals surface area contributed by atoms with Crippen LogP contribution < -0.4 is 0 Å². The lowest BCUT2D eigenvalue weighted by molar-refractivity contribution is 0.0515. The maximum Gasteiger partial charge on any atom is 0.121 e. The van der Waals surface area contributed by atoms with Crippen molar-refractivity contribution in [2.24, 2.45) is 5.41 Å². The molecule has 2 aliphatic rings. The first-order valence-electron chi connectivity index (χ1n) is 8.38. The SMILES string of the molecule is C=C/C=C(C)/C=C/C=C(C)/C=C/[C@@]12O[C@]1(C)C[C@@H](O)CC2(C)C. The van der Waals surface area contributed by atoms with Gasteiger partial charge in [0, 0.05) is 11.8 Å². The zero-order valence-electron chi connectivity index (χ0n) is 15.1. The maximum absolute atomic E-state index is 10.1. The van der Waals surface area contributed by atoms with Crippen LogP contribution in [0.15, 0.2) is 60.3 Å². The molecule has 0 bridgehead atoms. The Balaban J connectivity index is 2.11. The second-order valence-electron chi connectivity index (χ2n) is 7.76. The molecule has 0 radical (unpaired) electrons. The average molecular weight is 314 g/mol. The molecule has 1 heterocycles. The summed E-state index contributed by atoms with van der Waals surface area (Å²) in [5.74, 6) is 0. The molecule has 2 rings (SSSR count). The molecule has 2 heteroatoms. The molecule has 0 aromatic carbocycles. The molecule has 0 aromatic heterocycles. The van der Waals surface area contributed by atoms with Gasteiger partial charge in [0.25, 0.3) is 0 Å². The van der Waals surface area contributed by atoms with E-state index in [-0.39, 0.29) is 22.7 Å². The lowest BCUT2D eigenvalue weighted by Crippen LogP contribution is -2.46. The number of aliphatic hydroxyl groups is 1. The minimum Gasteiger partial charge on any atom is -0.393 e. The summed E-state index contributed by atoms with van der Waals surface area (Å²) in [6.07, 6.45) is 15.6. The van der Waals surface area contributed by atoms with E-state index in [4.69, 9.17) is 4.74 Å². The van der Waals surface area contributed by atoms with E-state index in [1.165, 1.54) is 11.1 Å². The average Bonchev–Trinajstić information content (AvgIpc) is 3.03. The molecule has 3 atom stereocenters. The number of rotatable bonds is 5. The first kappa shape index (κ1) is 18.0. The molecule has 0 spiro atoms. The fourth-order valence-corrected chi connectivity index (χ4v) is 3.97. The second-order valence-corrected chi connectivity index (χ2v) is 7.76. The van der Waals surface area contributed by atoms with E-state index in [1.807, 2.05) is 6.08 Å². The van der Waals surface area contributed by atoms with Gasteiger partial charge >= 0.3 is 0 Å². The van der Waals surface area contributed by atoms with Crippen LogP contribution in [0, 0.1) is 5.41 Å². The van der Waals surface area contributed by atoms with Crippen LogP contribution in [0.5, 0.6) is 0 Å². The number of hydrogen-bond donors (Lipinski definition) is 1. The van der Waals surface area contributed by atoms with Gasteiger partial charge in [-0.25, -0.2) is 0 Å². The summed E-state index contributed by atoms with van der Waals surface area (Å²) in [6, 6.07) is 0. The molecular formula is C21H30O2. The number of ether oxygens (including phenoxy) is 1. The van der Waals surface area contributed by atoms with Crippen LogP contribution in [0.4, 0.5) is 0 Å². The van der Waals surface area contributed by atoms with Crippen LogP contribution in [-0.4, -0.2) is 22.4 Å². The molecule has 1 N–H and O–H groups in total. The van der Waals surface area contributed by atoms with Gasteiger partial charge in [-0.1, -0.05) is 68.0 Å². The summed E-state index contributed by atoms with van der Waals surface area (Å²) in [6.45, 7) is 14.3. The Morgan fingerprint density at radius 3 is 2.35 bits per heavy atom. The topological polar surface area (TPSA) is 32.8 Å². The van der Waals surface area contributed by atoms with Crippen LogP contribution >= 0.6 is 0 Å². The summed E-state index contributed by atoms with van der Waals surface area (Å²) < 4.78 is 6.15. The molecule has 2 nitrogen and oxygen atoms in total. The van der Waals surface area contributed by atoms with Crippen molar-refractivity contribution in [3.8, 4) is 0 Å². The first-order chi connectivity index (χ1) is 10.7. The van der Waals surface area contributed by atoms with Crippen LogP contribution in [-0.2, 0) is 4.74 Å². The van der Waals surface area contributed by atoms with Crippen molar-refractivity contribution < 1.29 is 9.84 Å². The summed E-state index contributed by atoms with van der Waals surface area (Å²) in [5, 5.41) is 10.1. The molecule has 0 unspecified atom stereocenters. The highest BCUT2D eigenvalue weighted by Crippen LogP contribution is 2.66. The smallest absolute Gasteiger partial charge is 0.121 e. The molecule has 1 saturated heterocycles. The Morgan fingerprint density at radius 2 is 1.74 bits per heavy atom. The summed E-state index contributed by atoms with van der Waals surface area (Å²) >= 11 is 0. The molecular weight excluding hydrogens is 284 g/mol. The monoisotopic (exact) mass is 314 g/mol. The zero-order valence-corrected chi connectivity index (χ0v) is 15.1. The third-order valence-corrected chi connectivity index (χ3v) is 5.19. The lowest BCUT2D eigenvalue weighted by atomic mass is 9.63. The Hall–Kier alpha value is -1.38. The predicted molar refractivity (Wildman–Crippen MR) is 97.2 cm³/mol. The number of epoxide rings is 1. The van der Waals surface area contributed by atoms with Crippen molar-refractivity contribution in [3.05, 3.63) is 60.3 Å². The van der Waals surface area contributed by atoms with Crippen molar-refractivity contribution >= 4 is 0 Å². The third-order valence-electron chi connectivity index (χ3n) is 5.19. The number of aliphatic hydroxyl groups excluding tert-OH is 1. The van der Waals surface area contributed by atoms with Crippen molar-refractivity contribution in [2.75, 3.05) is 0 Å². The van der Waals surface area contributed by atoms with Gasteiger partial charge in [0.15, 0.2) is 0 Å². The molecule has 23 heavy (non-hydrogen) atoms. The fraction of sp³-hybridized carbons (Fsp3) is 0.524. The Labute approximate surface area is 140 Å². The maximum atomic E-state index is 10.1. The molecule has 1 aliphatic heterocycles. The highest BCUT2D eigenvalue weighted by atomic mass is 16.6. The van der Waals surface area contributed by atoms with E-state index >= 15 is 0 Å². The molecule has 2 fully saturated rings. The van der Waals surface area contributed by atoms with E-state index in [0.29, 0.717) is 0 Å². The molecule has 1 aliphatic carbocycles. The molecule has 126 valence electrons. The van der Waals surface area contributed by atoms with E-state index in [9.17, 15) is 5.11 Å². The van der Waals surface area contributed by atoms with Crippen LogP contribution in [0.1, 0.15) is 47.5 Å². The van der Waals surface area contributed by atoms with Crippen molar-refractivity contribution in [2.45, 2.75) is 64.8 Å². The first-order valence-corrected chi connectivity index (χ1v) is 8.38. The van der Waals surface area contributed by atoms with Crippen LogP contribution in [0.3, 0.4) is 0 Å². The van der Waals surface area contributed by atoms with E-state index in [0.717, 1.165) is 12.8 Å². The summed E-state index contributed by atoms with van der Waals surface area (Å²) in [7, 11) is 0. The Morgan fingerprint density at radius 1 is 1.09 bits per heavy atom. The number of fused-ring (bicyclic) bond motifs is 1. The van der Waals surface area contributed by atoms with E-state index in [2.05, 4.69) is 71.6 Å². The molecule has 0 aromatic rings. The highest BCUT2D eigenvalue weighted by Gasteiger charge is 2.74. The number of hydrogen-bond acceptors (Lipinski definition) is 2. The largest absolute Gasteiger partial charge is 0.393 e. The summed E-state index contributed by atoms with van der Waals surface area (Å²) in [5.41, 5.74) is 1.81. The second kappa shape index (κ2) is 6.26. The Kier molecular flexibility index (Phi) is 4.89. The normalized spacial score (nSPS) is 37.2. The van der Waals surface area contributed by atoms with Gasteiger partial charge in [-0.15, -0.1) is 0 Å². The van der Waals surface area contributed by atoms with Gasteiger partial charge < -0.3 is 9.84 Å². The third kappa shape index (κ3) is 3.44. The van der Waals surface area contributed by atoms with E-state index < -0.39 is 0 Å². The van der Waals surface area contributed by atoms with Gasteiger partial charge in [-0.05, 0) is 33.3 Å². The van der Waals surface area contributed by atoms with Gasteiger partial charge in [-0.2, -0.15) is 0 Å². The van der Waals surface area contributed by atoms with Gasteiger partial charge in [0.2, 0.25) is 0 Å². The zero-order chi connectivity index (χ0) is 17.3. The van der Waals surface area contributed by atoms with E-state index in [1.54, 1.807) is 6.08 Å². The fourth-order valence-electron chi connectivity index (χ4n) is 3.97. The van der Waals surface area contributed by atoms with Crippen molar-refractivity contribution in [1.29, 1.82) is 0 Å². The lowest BCUT2D eigenvalue weighted by Gasteiger charge is -2.39. The van der Waals surface area contributed by atoms with Crippen LogP contribution in [0.25, 0.3) is 0 Å². The number of allylic oxidation sites excluding steroid dienone is 8.